The van der Waals surface area contributed by atoms with E-state index in [1.165, 1.54) is 228 Å². The number of ether oxygens (including phenoxy) is 2. The molecule has 2 aliphatic carbocycles. The molecule has 2 aliphatic heterocycles. The Balaban J connectivity index is 0.863. The molecule has 10 heterocycles. The molecule has 0 fully saturated rings. The number of rotatable bonds is 48. The summed E-state index contributed by atoms with van der Waals surface area (Å²) in [5, 5.41) is 20.3. The van der Waals surface area contributed by atoms with Gasteiger partial charge in [-0.1, -0.05) is 307 Å². The van der Waals surface area contributed by atoms with Gasteiger partial charge in [-0.3, -0.25) is 9.59 Å². The number of Topliss-reactive ketones (excluding diaryl/α,β-unsaturated/α-hetero) is 2. The van der Waals surface area contributed by atoms with E-state index in [1.54, 1.807) is 40.9 Å². The monoisotopic (exact) mass is 1650 g/mol. The molecule has 2 aromatic carbocycles. The van der Waals surface area contributed by atoms with Crippen molar-refractivity contribution in [3.8, 4) is 66.2 Å². The highest BCUT2D eigenvalue weighted by atomic mass is 32.1. The zero-order valence-electron chi connectivity index (χ0n) is 70.0. The van der Waals surface area contributed by atoms with Crippen LogP contribution >= 0.6 is 45.3 Å². The van der Waals surface area contributed by atoms with Crippen molar-refractivity contribution in [1.29, 1.82) is 10.5 Å². The van der Waals surface area contributed by atoms with E-state index in [4.69, 9.17) is 40.3 Å². The van der Waals surface area contributed by atoms with Gasteiger partial charge in [0.15, 0.2) is 56.9 Å². The number of hydrogen-bond acceptors (Lipinski definition) is 14. The standard InChI is InChI=1S/C102H116N4O8S4/c1-7-11-15-19-23-27-31-35-39-47-59-101(60-48-40-36-32-28-24-20-16-12-8-2)86-90-80(65-78(109-90)82-57-55-70(115-82)63-76-84(69(67-103)68-104)72-51-43-45-53-74(72)88(76)107)111-92(86)96-94(113-101)98-99(117-96)95-97(118-98)93-87(102(114-95,61-49-41-37-33-29-25-21-17-13-9-3)62-50-42-38-34-30-26-22-18-14-10-4)91-81(112-93)66-79(110-91)83-58-56-71(116-83)64-77-85(100(105-5)106-6)73-52-44-46-54-75(73)89(77)108/h43-46,51-58,63-66H,7-42,47-50,59-62H2,1-4H3/b76-63-,77-64-. The van der Waals surface area contributed by atoms with Gasteiger partial charge in [-0.05, 0) is 98.9 Å². The molecular weight excluding hydrogens is 1540 g/mol. The highest BCUT2D eigenvalue weighted by Gasteiger charge is 2.52. The van der Waals surface area contributed by atoms with E-state index in [9.17, 15) is 20.1 Å². The first-order valence-electron chi connectivity index (χ1n) is 45.1. The lowest BCUT2D eigenvalue weighted by Crippen LogP contribution is -2.35. The Bertz CT molecular complexity index is 5060. The first-order valence-corrected chi connectivity index (χ1v) is 48.4. The van der Waals surface area contributed by atoms with Crippen LogP contribution < -0.4 is 9.47 Å². The average Bonchev–Trinajstić information content (AvgIpc) is 1.52. The zero-order valence-corrected chi connectivity index (χ0v) is 73.3. The topological polar surface area (TPSA) is 161 Å². The summed E-state index contributed by atoms with van der Waals surface area (Å²) < 4.78 is 47.9. The van der Waals surface area contributed by atoms with Gasteiger partial charge in [-0.2, -0.15) is 20.2 Å². The van der Waals surface area contributed by atoms with Gasteiger partial charge in [-0.25, -0.2) is 0 Å². The summed E-state index contributed by atoms with van der Waals surface area (Å²) in [6, 6.07) is 30.7. The molecule has 0 amide bonds. The molecule has 118 heavy (non-hydrogen) atoms. The van der Waals surface area contributed by atoms with Gasteiger partial charge in [0.25, 0.3) is 0 Å². The van der Waals surface area contributed by atoms with Gasteiger partial charge in [0.05, 0.1) is 35.9 Å². The summed E-state index contributed by atoms with van der Waals surface area (Å²) in [6.45, 7) is 25.0. The lowest BCUT2D eigenvalue weighted by atomic mass is 9.81. The Morgan fingerprint density at radius 3 is 1.04 bits per heavy atom. The number of ketones is 2. The maximum absolute atomic E-state index is 14.1. The van der Waals surface area contributed by atoms with Gasteiger partial charge in [0.1, 0.15) is 63.3 Å². The molecule has 0 N–H and O–H groups in total. The van der Waals surface area contributed by atoms with Gasteiger partial charge in [-0.15, -0.1) is 45.3 Å². The van der Waals surface area contributed by atoms with Crippen molar-refractivity contribution in [3.05, 3.63) is 173 Å². The van der Waals surface area contributed by atoms with Crippen LogP contribution in [0.2, 0.25) is 0 Å². The van der Waals surface area contributed by atoms with Crippen LogP contribution in [0.4, 0.5) is 0 Å². The first-order chi connectivity index (χ1) is 58.0. The third-order valence-electron chi connectivity index (χ3n) is 25.0. The van der Waals surface area contributed by atoms with Crippen molar-refractivity contribution in [2.45, 2.75) is 321 Å². The van der Waals surface area contributed by atoms with Gasteiger partial charge >= 0.3 is 5.82 Å². The normalized spacial score (nSPS) is 14.8. The number of thiophene rings is 4. The minimum absolute atomic E-state index is 0.0933. The van der Waals surface area contributed by atoms with Crippen molar-refractivity contribution in [1.82, 2.24) is 0 Å². The van der Waals surface area contributed by atoms with E-state index in [0.29, 0.717) is 78.4 Å². The number of fused-ring (bicyclic) bond motifs is 15. The molecule has 10 aromatic rings. The highest BCUT2D eigenvalue weighted by Crippen LogP contribution is 2.67. The lowest BCUT2D eigenvalue weighted by molar-refractivity contribution is 0.0394. The molecule has 12 nitrogen and oxygen atoms in total. The van der Waals surface area contributed by atoms with E-state index in [1.807, 2.05) is 78.9 Å². The number of carbonyl (C=O) groups excluding carboxylic acids is 2. The van der Waals surface area contributed by atoms with Crippen LogP contribution in [0.1, 0.15) is 363 Å². The average molecular weight is 1650 g/mol. The maximum atomic E-state index is 14.1. The number of furan rings is 4. The molecule has 0 saturated carbocycles. The molecule has 0 radical (unpaired) electrons. The SMILES string of the molecule is [C-]#[N+]C([N+]#[C-])=C1/C(=C/c2ccc(-c3cc4oc5c(c4o3)C(CCCCCCCCCCCC)(CCCCCCCCCCCC)Oc3c-5sc4c5c(sc34)-c3oc4cc(-c6ccc(/C=C7\C(=O)c8ccccc8C7=C(C#N)C#N)s6)oc4c3C(CCCCCCCCCCCC)(CCCCCCCCCCCC)O5)s2)C(=O)c2ccccc21. The summed E-state index contributed by atoms with van der Waals surface area (Å²) >= 11 is 6.41. The first kappa shape index (κ1) is 85.4. The van der Waals surface area contributed by atoms with E-state index >= 15 is 0 Å². The van der Waals surface area contributed by atoms with Crippen molar-refractivity contribution in [2.24, 2.45) is 0 Å². The number of unbranched alkanes of at least 4 members (excludes halogenated alkanes) is 36. The quantitative estimate of drug-likeness (QED) is 0.0155. The second-order valence-electron chi connectivity index (χ2n) is 33.5. The van der Waals surface area contributed by atoms with Crippen molar-refractivity contribution >= 4 is 112 Å². The molecule has 0 bridgehead atoms. The van der Waals surface area contributed by atoms with Crippen molar-refractivity contribution < 1.29 is 36.7 Å². The van der Waals surface area contributed by atoms with E-state index in [2.05, 4.69) is 49.5 Å². The van der Waals surface area contributed by atoms with E-state index in [0.717, 1.165) is 150 Å². The van der Waals surface area contributed by atoms with Crippen LogP contribution in [0.15, 0.2) is 125 Å². The van der Waals surface area contributed by atoms with Crippen LogP contribution in [0, 0.1) is 35.8 Å². The Morgan fingerprint density at radius 1 is 0.398 bits per heavy atom. The summed E-state index contributed by atoms with van der Waals surface area (Å²) in [6.07, 6.45) is 55.5. The second-order valence-corrected chi connectivity index (χ2v) is 37.8. The maximum Gasteiger partial charge on any atom is 0.528 e. The van der Waals surface area contributed by atoms with Crippen LogP contribution in [-0.2, 0) is 11.2 Å². The fourth-order valence-corrected chi connectivity index (χ4v) is 23.0. The minimum atomic E-state index is -0.804. The Labute approximate surface area is 715 Å². The number of allylic oxidation sites excluding steroid dienone is 5. The molecule has 0 saturated heterocycles. The van der Waals surface area contributed by atoms with Gasteiger partial charge < -0.3 is 27.1 Å². The smallest absolute Gasteiger partial charge is 0.479 e. The number of carbonyl (C=O) groups is 2. The molecule has 4 aliphatic rings. The predicted molar refractivity (Wildman–Crippen MR) is 488 cm³/mol. The Hall–Kier alpha value is -9.00. The second kappa shape index (κ2) is 41.3. The summed E-state index contributed by atoms with van der Waals surface area (Å²) in [4.78, 5) is 40.7. The molecule has 616 valence electrons. The minimum Gasteiger partial charge on any atom is -0.479 e. The number of nitrogens with zero attached hydrogens (tertiary/aromatic N) is 4. The molecule has 0 spiro atoms. The highest BCUT2D eigenvalue weighted by molar-refractivity contribution is 7.32. The van der Waals surface area contributed by atoms with Crippen molar-refractivity contribution in [3.63, 3.8) is 0 Å². The van der Waals surface area contributed by atoms with E-state index < -0.39 is 11.2 Å². The van der Waals surface area contributed by atoms with Gasteiger partial charge in [0, 0.05) is 49.7 Å². The van der Waals surface area contributed by atoms with Crippen molar-refractivity contribution in [2.75, 3.05) is 0 Å². The van der Waals surface area contributed by atoms with Crippen LogP contribution in [0.25, 0.3) is 107 Å². The summed E-state index contributed by atoms with van der Waals surface area (Å²) in [5.74, 6) is 4.10. The fourth-order valence-electron chi connectivity index (χ4n) is 18.7. The van der Waals surface area contributed by atoms with Crippen LogP contribution in [0.3, 0.4) is 0 Å². The summed E-state index contributed by atoms with van der Waals surface area (Å²) in [5.41, 5.74) is 6.61. The molecule has 14 rings (SSSR count). The third-order valence-corrected chi connectivity index (χ3v) is 29.5. The number of nitriles is 2. The lowest BCUT2D eigenvalue weighted by Gasteiger charge is -2.38. The Kier molecular flexibility index (Phi) is 29.9. The third kappa shape index (κ3) is 18.8. The fraction of sp³-hybridized carbons (Fsp3) is 0.490. The number of benzene rings is 2. The van der Waals surface area contributed by atoms with E-state index in [-0.39, 0.29) is 23.0 Å². The molecule has 8 aromatic heterocycles. The molecule has 0 unspecified atom stereocenters. The molecule has 16 heteroatoms. The molecular formula is C102H116N4O8S4. The summed E-state index contributed by atoms with van der Waals surface area (Å²) in [7, 11) is 0. The Morgan fingerprint density at radius 2 is 0.712 bits per heavy atom. The van der Waals surface area contributed by atoms with Gasteiger partial charge in [0.2, 0.25) is 0 Å². The zero-order chi connectivity index (χ0) is 81.8. The largest absolute Gasteiger partial charge is 0.528 e. The van der Waals surface area contributed by atoms with Crippen LogP contribution in [0.5, 0.6) is 11.5 Å². The number of hydrogen-bond donors (Lipinski definition) is 0. The molecule has 0 atom stereocenters. The predicted octanol–water partition coefficient (Wildman–Crippen LogP) is 33.7. The van der Waals surface area contributed by atoms with Crippen LogP contribution in [-0.4, -0.2) is 11.6 Å².